The van der Waals surface area contributed by atoms with Crippen LogP contribution >= 0.6 is 0 Å². The summed E-state index contributed by atoms with van der Waals surface area (Å²) >= 11 is 0. The zero-order chi connectivity index (χ0) is 13.9. The van der Waals surface area contributed by atoms with Crippen LogP contribution in [0.4, 0.5) is 0 Å². The SMILES string of the molecule is CCOC(=O)[C@H]1C/C(=C\N(C)C)C(=O)N1B(C)O. The molecule has 0 unspecified atom stereocenters. The van der Waals surface area contributed by atoms with Gasteiger partial charge in [0.15, 0.2) is 0 Å². The molecule has 0 saturated carbocycles. The molecule has 1 fully saturated rings. The van der Waals surface area contributed by atoms with Crippen LogP contribution in [-0.4, -0.2) is 60.4 Å². The summed E-state index contributed by atoms with van der Waals surface area (Å²) in [4.78, 5) is 26.7. The number of rotatable bonds is 4. The normalized spacial score (nSPS) is 21.4. The van der Waals surface area contributed by atoms with E-state index in [0.29, 0.717) is 5.57 Å². The van der Waals surface area contributed by atoms with Gasteiger partial charge >= 0.3 is 13.0 Å². The van der Waals surface area contributed by atoms with Crippen molar-refractivity contribution >= 4 is 18.9 Å². The van der Waals surface area contributed by atoms with Gasteiger partial charge < -0.3 is 19.5 Å². The number of hydrogen-bond acceptors (Lipinski definition) is 5. The summed E-state index contributed by atoms with van der Waals surface area (Å²) in [5.74, 6) is -0.800. The number of hydrogen-bond donors (Lipinski definition) is 1. The molecule has 1 rings (SSSR count). The maximum atomic E-state index is 12.1. The highest BCUT2D eigenvalue weighted by Crippen LogP contribution is 2.26. The molecule has 1 atom stereocenters. The molecular weight excluding hydrogens is 235 g/mol. The fraction of sp³-hybridized carbons (Fsp3) is 0.636. The third kappa shape index (κ3) is 3.04. The lowest BCUT2D eigenvalue weighted by molar-refractivity contribution is -0.149. The summed E-state index contributed by atoms with van der Waals surface area (Å²) in [6.07, 6.45) is 1.93. The second-order valence-electron chi connectivity index (χ2n) is 4.43. The Labute approximate surface area is 107 Å². The topological polar surface area (TPSA) is 70.1 Å². The molecule has 18 heavy (non-hydrogen) atoms. The van der Waals surface area contributed by atoms with Gasteiger partial charge in [-0.1, -0.05) is 0 Å². The Morgan fingerprint density at radius 3 is 2.72 bits per heavy atom. The minimum atomic E-state index is -1.01. The third-order valence-electron chi connectivity index (χ3n) is 2.63. The monoisotopic (exact) mass is 254 g/mol. The first-order valence-electron chi connectivity index (χ1n) is 5.93. The highest BCUT2D eigenvalue weighted by atomic mass is 16.5. The molecule has 1 saturated heterocycles. The molecule has 0 bridgehead atoms. The van der Waals surface area contributed by atoms with Gasteiger partial charge in [0, 0.05) is 32.3 Å². The molecule has 0 aromatic carbocycles. The van der Waals surface area contributed by atoms with Crippen LogP contribution in [0, 0.1) is 0 Å². The van der Waals surface area contributed by atoms with E-state index in [0.717, 1.165) is 4.81 Å². The molecule has 0 spiro atoms. The van der Waals surface area contributed by atoms with E-state index in [-0.39, 0.29) is 18.9 Å². The van der Waals surface area contributed by atoms with Crippen LogP contribution < -0.4 is 0 Å². The quantitative estimate of drug-likeness (QED) is 0.424. The summed E-state index contributed by atoms with van der Waals surface area (Å²) in [6, 6.07) is -0.733. The van der Waals surface area contributed by atoms with Crippen LogP contribution in [-0.2, 0) is 14.3 Å². The molecule has 1 aliphatic heterocycles. The van der Waals surface area contributed by atoms with Crippen molar-refractivity contribution in [3.05, 3.63) is 11.8 Å². The Bertz CT molecular complexity index is 368. The lowest BCUT2D eigenvalue weighted by Gasteiger charge is -2.23. The molecule has 100 valence electrons. The number of ether oxygens (including phenoxy) is 1. The predicted molar refractivity (Wildman–Crippen MR) is 67.5 cm³/mol. The fourth-order valence-electron chi connectivity index (χ4n) is 1.99. The van der Waals surface area contributed by atoms with Gasteiger partial charge in [-0.15, -0.1) is 0 Å². The molecule has 0 aromatic heterocycles. The first-order chi connectivity index (χ1) is 8.38. The van der Waals surface area contributed by atoms with Gasteiger partial charge in [-0.25, -0.2) is 4.79 Å². The smallest absolute Gasteiger partial charge is 0.412 e. The highest BCUT2D eigenvalue weighted by molar-refractivity contribution is 6.50. The third-order valence-corrected chi connectivity index (χ3v) is 2.63. The average Bonchev–Trinajstić information content (AvgIpc) is 2.56. The van der Waals surface area contributed by atoms with E-state index >= 15 is 0 Å². The summed E-state index contributed by atoms with van der Waals surface area (Å²) in [5.41, 5.74) is 0.499. The van der Waals surface area contributed by atoms with Crippen molar-refractivity contribution < 1.29 is 19.3 Å². The number of esters is 1. The van der Waals surface area contributed by atoms with Crippen LogP contribution in [0.3, 0.4) is 0 Å². The van der Waals surface area contributed by atoms with Crippen molar-refractivity contribution in [3.63, 3.8) is 0 Å². The van der Waals surface area contributed by atoms with Gasteiger partial charge in [0.25, 0.3) is 0 Å². The Hall–Kier alpha value is -1.50. The molecule has 0 aliphatic carbocycles. The minimum Gasteiger partial charge on any atom is -0.464 e. The predicted octanol–water partition coefficient (Wildman–Crippen LogP) is -0.294. The second-order valence-corrected chi connectivity index (χ2v) is 4.43. The van der Waals surface area contributed by atoms with E-state index in [9.17, 15) is 14.6 Å². The maximum Gasteiger partial charge on any atom is 0.412 e. The zero-order valence-corrected chi connectivity index (χ0v) is 11.2. The van der Waals surface area contributed by atoms with Gasteiger partial charge in [-0.05, 0) is 13.7 Å². The maximum absolute atomic E-state index is 12.1. The Morgan fingerprint density at radius 1 is 1.67 bits per heavy atom. The Balaban J connectivity index is 2.97. The Morgan fingerprint density at radius 2 is 2.28 bits per heavy atom. The largest absolute Gasteiger partial charge is 0.464 e. The van der Waals surface area contributed by atoms with Crippen molar-refractivity contribution in [3.8, 4) is 0 Å². The lowest BCUT2D eigenvalue weighted by atomic mass is 9.84. The standard InChI is InChI=1S/C11H19BN2O4/c1-5-18-11(16)9-6-8(7-13(3)4)10(15)14(9)12(2)17/h7,9,17H,5-6H2,1-4H3/b8-7+/t9-/m1/s1. The Kier molecular flexibility index (Phi) is 4.78. The van der Waals surface area contributed by atoms with Crippen molar-refractivity contribution in [2.45, 2.75) is 26.2 Å². The minimum absolute atomic E-state index is 0.254. The van der Waals surface area contributed by atoms with Gasteiger partial charge in [-0.2, -0.15) is 0 Å². The molecule has 7 heteroatoms. The number of amides is 1. The molecular formula is C11H19BN2O4. The molecule has 1 heterocycles. The summed E-state index contributed by atoms with van der Waals surface area (Å²) < 4.78 is 4.92. The van der Waals surface area contributed by atoms with E-state index in [2.05, 4.69) is 0 Å². The van der Waals surface area contributed by atoms with E-state index in [1.165, 1.54) is 6.82 Å². The van der Waals surface area contributed by atoms with Crippen molar-refractivity contribution in [2.24, 2.45) is 0 Å². The van der Waals surface area contributed by atoms with Gasteiger partial charge in [0.2, 0.25) is 5.91 Å². The summed E-state index contributed by atoms with van der Waals surface area (Å²) in [7, 11) is 2.58. The number of nitrogens with zero attached hydrogens (tertiary/aromatic N) is 2. The lowest BCUT2D eigenvalue weighted by Crippen LogP contribution is -2.47. The molecule has 0 radical (unpaired) electrons. The van der Waals surface area contributed by atoms with E-state index in [4.69, 9.17) is 4.74 Å². The van der Waals surface area contributed by atoms with Crippen molar-refractivity contribution in [1.82, 2.24) is 9.71 Å². The van der Waals surface area contributed by atoms with Crippen LogP contribution in [0.1, 0.15) is 13.3 Å². The first kappa shape index (κ1) is 14.6. The number of carbonyl (C=O) groups excluding carboxylic acids is 2. The molecule has 1 N–H and O–H groups in total. The summed E-state index contributed by atoms with van der Waals surface area (Å²) in [6.45, 7) is 3.42. The van der Waals surface area contributed by atoms with Crippen molar-refractivity contribution in [1.29, 1.82) is 0 Å². The van der Waals surface area contributed by atoms with Crippen LogP contribution in [0.2, 0.25) is 6.82 Å². The van der Waals surface area contributed by atoms with E-state index in [1.807, 2.05) is 0 Å². The molecule has 1 amide bonds. The van der Waals surface area contributed by atoms with Crippen LogP contribution in [0.15, 0.2) is 11.8 Å². The first-order valence-corrected chi connectivity index (χ1v) is 5.93. The van der Waals surface area contributed by atoms with Gasteiger partial charge in [0.1, 0.15) is 6.04 Å². The average molecular weight is 254 g/mol. The van der Waals surface area contributed by atoms with Gasteiger partial charge in [-0.3, -0.25) is 4.79 Å². The molecule has 0 aromatic rings. The number of carbonyl (C=O) groups is 2. The van der Waals surface area contributed by atoms with E-state index in [1.54, 1.807) is 32.1 Å². The van der Waals surface area contributed by atoms with Gasteiger partial charge in [0.05, 0.1) is 6.61 Å². The zero-order valence-electron chi connectivity index (χ0n) is 11.2. The molecule has 1 aliphatic rings. The van der Waals surface area contributed by atoms with Crippen LogP contribution in [0.25, 0.3) is 0 Å². The summed E-state index contributed by atoms with van der Waals surface area (Å²) in [5, 5.41) is 9.62. The van der Waals surface area contributed by atoms with Crippen LogP contribution in [0.5, 0.6) is 0 Å². The van der Waals surface area contributed by atoms with Crippen molar-refractivity contribution in [2.75, 3.05) is 20.7 Å². The fourth-order valence-corrected chi connectivity index (χ4v) is 1.99. The van der Waals surface area contributed by atoms with E-state index < -0.39 is 19.1 Å². The second kappa shape index (κ2) is 5.90. The highest BCUT2D eigenvalue weighted by Gasteiger charge is 2.43. The molecule has 6 nitrogen and oxygen atoms in total.